The summed E-state index contributed by atoms with van der Waals surface area (Å²) in [5.41, 5.74) is 2.49. The molecule has 148 valence electrons. The summed E-state index contributed by atoms with van der Waals surface area (Å²) in [4.78, 5) is 24.5. The van der Waals surface area contributed by atoms with E-state index in [9.17, 15) is 15.0 Å². The molecule has 0 aliphatic heterocycles. The molecule has 7 heteroatoms. The lowest BCUT2D eigenvalue weighted by Gasteiger charge is -2.09. The molecule has 0 fully saturated rings. The Morgan fingerprint density at radius 3 is 2.37 bits per heavy atom. The van der Waals surface area contributed by atoms with Crippen LogP contribution in [-0.4, -0.2) is 25.2 Å². The molecule has 0 spiro atoms. The van der Waals surface area contributed by atoms with Crippen LogP contribution in [0.15, 0.2) is 77.7 Å². The van der Waals surface area contributed by atoms with Crippen LogP contribution in [0.1, 0.15) is 0 Å². The molecule has 0 aliphatic carbocycles. The van der Waals surface area contributed by atoms with Gasteiger partial charge in [0.15, 0.2) is 11.5 Å². The number of fused-ring (bicyclic) bond motifs is 2. The molecule has 3 aromatic carbocycles. The van der Waals surface area contributed by atoms with Gasteiger partial charge in [-0.25, -0.2) is 0 Å². The van der Waals surface area contributed by atoms with Crippen molar-refractivity contribution in [3.05, 3.63) is 83.3 Å². The molecule has 2 heterocycles. The number of halogens is 1. The van der Waals surface area contributed by atoms with Crippen LogP contribution in [0.2, 0.25) is 0 Å². The average Bonchev–Trinajstić information content (AvgIpc) is 2.74. The smallest absolute Gasteiger partial charge is 0.281 e. The largest absolute Gasteiger partial charge is 0.504 e. The molecule has 5 rings (SSSR count). The first-order valence-electron chi connectivity index (χ1n) is 9.01. The van der Waals surface area contributed by atoms with E-state index in [0.717, 1.165) is 10.9 Å². The zero-order valence-electron chi connectivity index (χ0n) is 15.5. The van der Waals surface area contributed by atoms with Crippen LogP contribution in [0, 0.1) is 0 Å². The number of phenolic OH excluding ortho intramolecular Hbond substituents is 2. The quantitative estimate of drug-likeness (QED) is 0.328. The first-order valence-corrected chi connectivity index (χ1v) is 9.01. The van der Waals surface area contributed by atoms with E-state index in [2.05, 4.69) is 15.0 Å². The molecule has 2 aromatic heterocycles. The Morgan fingerprint density at radius 2 is 1.57 bits per heavy atom. The van der Waals surface area contributed by atoms with Gasteiger partial charge in [-0.3, -0.25) is 9.78 Å². The van der Waals surface area contributed by atoms with E-state index in [1.807, 2.05) is 42.5 Å². The van der Waals surface area contributed by atoms with Crippen molar-refractivity contribution < 1.29 is 10.2 Å². The van der Waals surface area contributed by atoms with E-state index >= 15 is 0 Å². The summed E-state index contributed by atoms with van der Waals surface area (Å²) in [6.07, 6.45) is 1.62. The molecule has 0 atom stereocenters. The summed E-state index contributed by atoms with van der Waals surface area (Å²) in [7, 11) is 0. The highest BCUT2D eigenvalue weighted by molar-refractivity contribution is 8.93. The maximum Gasteiger partial charge on any atom is 0.281 e. The van der Waals surface area contributed by atoms with Gasteiger partial charge in [0.2, 0.25) is 0 Å². The van der Waals surface area contributed by atoms with Gasteiger partial charge in [-0.1, -0.05) is 36.4 Å². The van der Waals surface area contributed by atoms with Crippen LogP contribution >= 0.6 is 17.0 Å². The van der Waals surface area contributed by atoms with E-state index in [0.29, 0.717) is 33.4 Å². The van der Waals surface area contributed by atoms with E-state index in [4.69, 9.17) is 0 Å². The van der Waals surface area contributed by atoms with Crippen molar-refractivity contribution in [3.8, 4) is 34.1 Å². The maximum atomic E-state index is 12.7. The minimum atomic E-state index is -0.333. The van der Waals surface area contributed by atoms with E-state index in [1.54, 1.807) is 18.3 Å². The summed E-state index contributed by atoms with van der Waals surface area (Å²) in [5, 5.41) is 21.5. The number of rotatable bonds is 2. The first kappa shape index (κ1) is 19.6. The predicted molar refractivity (Wildman–Crippen MR) is 122 cm³/mol. The molecule has 0 unspecified atom stereocenters. The Bertz CT molecular complexity index is 1450. The molecular weight excluding hydrogens is 446 g/mol. The molecule has 0 aliphatic rings. The van der Waals surface area contributed by atoms with E-state index in [1.165, 1.54) is 12.1 Å². The lowest BCUT2D eigenvalue weighted by molar-refractivity contribution is 0.405. The van der Waals surface area contributed by atoms with Gasteiger partial charge in [-0.2, -0.15) is 4.98 Å². The van der Waals surface area contributed by atoms with Crippen molar-refractivity contribution in [1.29, 1.82) is 0 Å². The Balaban J connectivity index is 0.00000218. The predicted octanol–water partition coefficient (Wildman–Crippen LogP) is 4.79. The van der Waals surface area contributed by atoms with Gasteiger partial charge in [0.25, 0.3) is 5.56 Å². The zero-order chi connectivity index (χ0) is 20.0. The van der Waals surface area contributed by atoms with Crippen molar-refractivity contribution in [3.63, 3.8) is 0 Å². The number of H-pyrrole nitrogens is 1. The Morgan fingerprint density at radius 1 is 0.800 bits per heavy atom. The average molecular weight is 462 g/mol. The van der Waals surface area contributed by atoms with Gasteiger partial charge < -0.3 is 15.2 Å². The second-order valence-electron chi connectivity index (χ2n) is 6.74. The number of benzene rings is 3. The number of aromatic hydroxyl groups is 2. The number of nitrogens with zero attached hydrogens (tertiary/aromatic N) is 2. The van der Waals surface area contributed by atoms with Crippen molar-refractivity contribution in [2.45, 2.75) is 0 Å². The van der Waals surface area contributed by atoms with Crippen molar-refractivity contribution in [2.75, 3.05) is 0 Å². The Labute approximate surface area is 181 Å². The second kappa shape index (κ2) is 7.61. The number of nitrogens with one attached hydrogen (secondary N) is 1. The van der Waals surface area contributed by atoms with Gasteiger partial charge in [-0.05, 0) is 35.7 Å². The normalized spacial score (nSPS) is 10.8. The van der Waals surface area contributed by atoms with Gasteiger partial charge in [0.05, 0.1) is 16.6 Å². The Kier molecular flexibility index (Phi) is 4.97. The fraction of sp³-hybridized carbons (Fsp3) is 0. The second-order valence-corrected chi connectivity index (χ2v) is 6.74. The number of aromatic amines is 1. The van der Waals surface area contributed by atoms with Gasteiger partial charge >= 0.3 is 0 Å². The van der Waals surface area contributed by atoms with Crippen LogP contribution in [0.3, 0.4) is 0 Å². The molecule has 6 nitrogen and oxygen atoms in total. The maximum absolute atomic E-state index is 12.7. The fourth-order valence-electron chi connectivity index (χ4n) is 3.46. The van der Waals surface area contributed by atoms with E-state index in [-0.39, 0.29) is 34.0 Å². The molecule has 0 saturated heterocycles. The van der Waals surface area contributed by atoms with Crippen molar-refractivity contribution >= 4 is 38.7 Å². The molecule has 0 amide bonds. The van der Waals surface area contributed by atoms with Crippen molar-refractivity contribution in [1.82, 2.24) is 15.0 Å². The minimum absolute atomic E-state index is 0. The Hall–Kier alpha value is -3.71. The molecule has 0 saturated carbocycles. The minimum Gasteiger partial charge on any atom is -0.504 e. The molecular formula is C23H16BrN3O3. The fourth-order valence-corrected chi connectivity index (χ4v) is 3.46. The van der Waals surface area contributed by atoms with Crippen LogP contribution < -0.4 is 5.56 Å². The van der Waals surface area contributed by atoms with Crippen LogP contribution in [-0.2, 0) is 0 Å². The summed E-state index contributed by atoms with van der Waals surface area (Å²) in [6.45, 7) is 0. The van der Waals surface area contributed by atoms with Crippen molar-refractivity contribution in [2.24, 2.45) is 0 Å². The first-order chi connectivity index (χ1) is 14.1. The number of phenols is 2. The highest BCUT2D eigenvalue weighted by atomic mass is 79.9. The molecule has 5 aromatic rings. The molecule has 3 N–H and O–H groups in total. The highest BCUT2D eigenvalue weighted by Crippen LogP contribution is 2.35. The van der Waals surface area contributed by atoms with Crippen LogP contribution in [0.5, 0.6) is 11.5 Å². The number of hydrogen-bond donors (Lipinski definition) is 3. The lowest BCUT2D eigenvalue weighted by Crippen LogP contribution is -2.09. The summed E-state index contributed by atoms with van der Waals surface area (Å²) in [5.74, 6) is 0.0985. The number of aromatic nitrogens is 3. The summed E-state index contributed by atoms with van der Waals surface area (Å²) >= 11 is 0. The third kappa shape index (κ3) is 3.29. The topological polar surface area (TPSA) is 99.1 Å². The molecule has 0 bridgehead atoms. The number of hydrogen-bond acceptors (Lipinski definition) is 5. The van der Waals surface area contributed by atoms with Gasteiger partial charge in [-0.15, -0.1) is 17.0 Å². The third-order valence-corrected chi connectivity index (χ3v) is 4.90. The molecule has 30 heavy (non-hydrogen) atoms. The lowest BCUT2D eigenvalue weighted by atomic mass is 10.0. The SMILES string of the molecule is Br.O=c1nc(-c2ccccc2)[nH]c2ccc(-c3nccc4cc(O)c(O)cc34)cc12. The van der Waals surface area contributed by atoms with Gasteiger partial charge in [0, 0.05) is 22.7 Å². The highest BCUT2D eigenvalue weighted by Gasteiger charge is 2.12. The number of pyridine rings is 1. The van der Waals surface area contributed by atoms with Gasteiger partial charge in [0.1, 0.15) is 5.82 Å². The summed E-state index contributed by atoms with van der Waals surface area (Å²) < 4.78 is 0. The molecule has 0 radical (unpaired) electrons. The standard InChI is InChI=1S/C23H15N3O3.BrH/c27-19-11-14-8-9-24-21(16(14)12-20(19)28)15-6-7-18-17(10-15)23(29)26-22(25-18)13-4-2-1-3-5-13;/h1-12,27-28H,(H,25,26,29);1H. The monoisotopic (exact) mass is 461 g/mol. The van der Waals surface area contributed by atoms with Crippen LogP contribution in [0.4, 0.5) is 0 Å². The van der Waals surface area contributed by atoms with Crippen LogP contribution in [0.25, 0.3) is 44.3 Å². The zero-order valence-corrected chi connectivity index (χ0v) is 17.2. The van der Waals surface area contributed by atoms with E-state index < -0.39 is 0 Å². The summed E-state index contributed by atoms with van der Waals surface area (Å²) in [6, 6.07) is 19.6. The third-order valence-electron chi connectivity index (χ3n) is 4.90.